The number of aryl methyl sites for hydroxylation is 3. The van der Waals surface area contributed by atoms with Crippen LogP contribution in [0.25, 0.3) is 16.3 Å². The largest absolute Gasteiger partial charge is 0.299 e. The summed E-state index contributed by atoms with van der Waals surface area (Å²) in [4.78, 5) is 56.5. The maximum atomic E-state index is 13.1. The third kappa shape index (κ3) is 4.65. The number of carbonyl (C=O) groups is 2. The molecule has 0 spiro atoms. The smallest absolute Gasteiger partial charge is 0.293 e. The molecule has 1 fully saturated rings. The first-order valence-electron chi connectivity index (χ1n) is 11.4. The molecule has 0 unspecified atom stereocenters. The fraction of sp³-hybridized carbons (Fsp3) is 0.333. The molecule has 0 N–H and O–H groups in total. The molecule has 180 valence electrons. The third-order valence-corrected chi connectivity index (χ3v) is 8.36. The number of nitro benzene ring substituents is 1. The van der Waals surface area contributed by atoms with Crippen molar-refractivity contribution in [3.05, 3.63) is 72.0 Å². The highest BCUT2D eigenvalue weighted by Crippen LogP contribution is 2.34. The zero-order chi connectivity index (χ0) is 24.5. The van der Waals surface area contributed by atoms with Gasteiger partial charge in [-0.2, -0.15) is 0 Å². The number of aromatic nitrogens is 2. The van der Waals surface area contributed by atoms with Gasteiger partial charge in [0.2, 0.25) is 0 Å². The molecule has 1 saturated heterocycles. The molecule has 0 bridgehead atoms. The normalized spacial score (nSPS) is 16.9. The second kappa shape index (κ2) is 9.74. The number of hydrogen-bond acceptors (Lipinski definition) is 8. The molecule has 2 amide bonds. The van der Waals surface area contributed by atoms with E-state index in [0.717, 1.165) is 47.7 Å². The van der Waals surface area contributed by atoms with E-state index >= 15 is 0 Å². The van der Waals surface area contributed by atoms with Gasteiger partial charge in [-0.05, 0) is 79.6 Å². The van der Waals surface area contributed by atoms with Gasteiger partial charge in [-0.3, -0.25) is 34.0 Å². The van der Waals surface area contributed by atoms with Gasteiger partial charge in [-0.1, -0.05) is 0 Å². The number of nitro groups is 1. The van der Waals surface area contributed by atoms with Crippen LogP contribution in [-0.2, 0) is 24.2 Å². The van der Waals surface area contributed by atoms with Gasteiger partial charge in [0.1, 0.15) is 4.83 Å². The molecule has 1 aromatic carbocycles. The van der Waals surface area contributed by atoms with Crippen molar-refractivity contribution in [1.29, 1.82) is 0 Å². The Morgan fingerprint density at radius 1 is 1.06 bits per heavy atom. The zero-order valence-corrected chi connectivity index (χ0v) is 20.4. The van der Waals surface area contributed by atoms with Crippen molar-refractivity contribution >= 4 is 56.2 Å². The maximum absolute atomic E-state index is 13.1. The minimum atomic E-state index is -0.492. The van der Waals surface area contributed by atoms with Crippen LogP contribution in [0.15, 0.2) is 40.3 Å². The lowest BCUT2D eigenvalue weighted by molar-refractivity contribution is -0.384. The number of imide groups is 1. The van der Waals surface area contributed by atoms with E-state index in [2.05, 4.69) is 4.98 Å². The number of carbonyl (C=O) groups excluding carboxylic acids is 2. The van der Waals surface area contributed by atoms with Crippen molar-refractivity contribution in [3.63, 3.8) is 0 Å². The first-order valence-corrected chi connectivity index (χ1v) is 13.0. The van der Waals surface area contributed by atoms with Gasteiger partial charge >= 0.3 is 0 Å². The van der Waals surface area contributed by atoms with Crippen molar-refractivity contribution in [3.8, 4) is 0 Å². The molecule has 2 aliphatic rings. The van der Waals surface area contributed by atoms with Crippen LogP contribution < -0.4 is 5.56 Å². The molecule has 3 aromatic rings. The standard InChI is InChI=1S/C24H22N4O5S2/c29-22-19(13-15-7-9-16(10-8-15)28(32)33)35-24(31)27(22)12-4-3-11-26-14-25-21-20(23(26)30)17-5-1-2-6-18(17)34-21/h7-10,13-14H,1-6,11-12H2/b19-13+. The summed E-state index contributed by atoms with van der Waals surface area (Å²) in [7, 11) is 0. The number of amides is 2. The Balaban J connectivity index is 1.20. The fourth-order valence-corrected chi connectivity index (χ4v) is 6.51. The van der Waals surface area contributed by atoms with Gasteiger partial charge < -0.3 is 0 Å². The topological polar surface area (TPSA) is 115 Å². The highest BCUT2D eigenvalue weighted by Gasteiger charge is 2.34. The Hall–Kier alpha value is -3.31. The van der Waals surface area contributed by atoms with E-state index in [1.165, 1.54) is 27.5 Å². The van der Waals surface area contributed by atoms with Crippen LogP contribution >= 0.6 is 23.1 Å². The summed E-state index contributed by atoms with van der Waals surface area (Å²) in [5.41, 5.74) is 1.73. The van der Waals surface area contributed by atoms with Crippen LogP contribution in [-0.4, -0.2) is 37.1 Å². The van der Waals surface area contributed by atoms with Crippen LogP contribution in [0, 0.1) is 10.1 Å². The van der Waals surface area contributed by atoms with Crippen molar-refractivity contribution in [1.82, 2.24) is 14.5 Å². The zero-order valence-electron chi connectivity index (χ0n) is 18.8. The Kier molecular flexibility index (Phi) is 6.52. The van der Waals surface area contributed by atoms with Crippen LogP contribution in [0.2, 0.25) is 0 Å². The second-order valence-corrected chi connectivity index (χ2v) is 10.6. The quantitative estimate of drug-likeness (QED) is 0.195. The predicted octanol–water partition coefficient (Wildman–Crippen LogP) is 4.76. The molecule has 1 aliphatic carbocycles. The summed E-state index contributed by atoms with van der Waals surface area (Å²) < 4.78 is 1.63. The van der Waals surface area contributed by atoms with E-state index in [-0.39, 0.29) is 33.8 Å². The van der Waals surface area contributed by atoms with Crippen LogP contribution in [0.3, 0.4) is 0 Å². The molecular formula is C24H22N4O5S2. The minimum Gasteiger partial charge on any atom is -0.299 e. The van der Waals surface area contributed by atoms with E-state index < -0.39 is 4.92 Å². The van der Waals surface area contributed by atoms with Crippen LogP contribution in [0.1, 0.15) is 41.7 Å². The maximum Gasteiger partial charge on any atom is 0.293 e. The number of rotatable bonds is 7. The first-order chi connectivity index (χ1) is 16.9. The van der Waals surface area contributed by atoms with Gasteiger partial charge in [-0.25, -0.2) is 4.98 Å². The lowest BCUT2D eigenvalue weighted by Crippen LogP contribution is -2.29. The van der Waals surface area contributed by atoms with Gasteiger partial charge in [0.15, 0.2) is 0 Å². The lowest BCUT2D eigenvalue weighted by atomic mass is 9.97. The highest BCUT2D eigenvalue weighted by molar-refractivity contribution is 8.18. The van der Waals surface area contributed by atoms with E-state index in [1.807, 2.05) is 0 Å². The minimum absolute atomic E-state index is 0.00778. The summed E-state index contributed by atoms with van der Waals surface area (Å²) in [5, 5.41) is 11.2. The average molecular weight is 511 g/mol. The number of nitrogens with zero attached hydrogens (tertiary/aromatic N) is 4. The number of unbranched alkanes of at least 4 members (excludes halogenated alkanes) is 1. The van der Waals surface area contributed by atoms with Gasteiger partial charge in [0.05, 0.1) is 21.5 Å². The summed E-state index contributed by atoms with van der Waals surface area (Å²) in [5.74, 6) is -0.372. The lowest BCUT2D eigenvalue weighted by Gasteiger charge is -2.13. The monoisotopic (exact) mass is 510 g/mol. The van der Waals surface area contributed by atoms with Crippen molar-refractivity contribution in [2.45, 2.75) is 45.1 Å². The first kappa shape index (κ1) is 23.4. The number of non-ortho nitro benzene ring substituents is 1. The van der Waals surface area contributed by atoms with Crippen molar-refractivity contribution < 1.29 is 14.5 Å². The summed E-state index contributed by atoms with van der Waals surface area (Å²) in [6.45, 7) is 0.738. The van der Waals surface area contributed by atoms with Gasteiger partial charge in [-0.15, -0.1) is 11.3 Å². The molecular weight excluding hydrogens is 488 g/mol. The van der Waals surface area contributed by atoms with E-state index in [0.29, 0.717) is 24.9 Å². The van der Waals surface area contributed by atoms with Crippen molar-refractivity contribution in [2.24, 2.45) is 0 Å². The molecule has 9 nitrogen and oxygen atoms in total. The molecule has 2 aromatic heterocycles. The number of fused-ring (bicyclic) bond motifs is 3. The molecule has 0 atom stereocenters. The molecule has 11 heteroatoms. The Labute approximate surface area is 208 Å². The Bertz CT molecular complexity index is 1420. The molecule has 35 heavy (non-hydrogen) atoms. The molecule has 1 aliphatic heterocycles. The van der Waals surface area contributed by atoms with E-state index in [4.69, 9.17) is 0 Å². The SMILES string of the molecule is O=C1S/C(=C/c2ccc([N+](=O)[O-])cc2)C(=O)N1CCCCn1cnc2sc3c(c2c1=O)CCCC3. The predicted molar refractivity (Wildman–Crippen MR) is 136 cm³/mol. The molecule has 5 rings (SSSR count). The average Bonchev–Trinajstić information content (AvgIpc) is 3.35. The second-order valence-electron chi connectivity index (χ2n) is 8.52. The Morgan fingerprint density at radius 3 is 2.57 bits per heavy atom. The van der Waals surface area contributed by atoms with Gasteiger partial charge in [0, 0.05) is 30.1 Å². The summed E-state index contributed by atoms with van der Waals surface area (Å²) in [6.07, 6.45) is 8.57. The van der Waals surface area contributed by atoms with Crippen molar-refractivity contribution in [2.75, 3.05) is 6.54 Å². The number of hydrogen-bond donors (Lipinski definition) is 0. The number of benzene rings is 1. The van der Waals surface area contributed by atoms with Crippen LogP contribution in [0.5, 0.6) is 0 Å². The van der Waals surface area contributed by atoms with Gasteiger partial charge in [0.25, 0.3) is 22.4 Å². The van der Waals surface area contributed by atoms with E-state index in [9.17, 15) is 24.5 Å². The van der Waals surface area contributed by atoms with E-state index in [1.54, 1.807) is 40.4 Å². The summed E-state index contributed by atoms with van der Waals surface area (Å²) in [6, 6.07) is 5.80. The fourth-order valence-electron chi connectivity index (χ4n) is 4.43. The molecule has 0 saturated carbocycles. The molecule has 3 heterocycles. The Morgan fingerprint density at radius 2 is 1.80 bits per heavy atom. The number of thioether (sulfide) groups is 1. The molecule has 0 radical (unpaired) electrons. The number of thiophene rings is 1. The highest BCUT2D eigenvalue weighted by atomic mass is 32.2. The summed E-state index contributed by atoms with van der Waals surface area (Å²) >= 11 is 2.49. The third-order valence-electron chi connectivity index (χ3n) is 6.25. The van der Waals surface area contributed by atoms with Crippen LogP contribution in [0.4, 0.5) is 10.5 Å².